The molecule has 11 heteroatoms. The molecule has 5 aromatic rings. The molecule has 9 nitrogen and oxygen atoms in total. The minimum absolute atomic E-state index is 0.136. The Bertz CT molecular complexity index is 1600. The summed E-state index contributed by atoms with van der Waals surface area (Å²) >= 11 is 4.56. The normalized spacial score (nSPS) is 12.1. The average molecular weight is 499 g/mol. The number of nitrogens with zero attached hydrogens (tertiary/aromatic N) is 4. The smallest absolute Gasteiger partial charge is 0.284 e. The molecular formula is C20H11BrN4O5S. The van der Waals surface area contributed by atoms with Gasteiger partial charge in [-0.25, -0.2) is 14.4 Å². The maximum Gasteiger partial charge on any atom is 0.284 e. The Kier molecular flexibility index (Phi) is 4.56. The number of benzene rings is 1. The van der Waals surface area contributed by atoms with Gasteiger partial charge >= 0.3 is 0 Å². The minimum atomic E-state index is -0.496. The summed E-state index contributed by atoms with van der Waals surface area (Å²) in [6, 6.07) is 9.59. The zero-order valence-electron chi connectivity index (χ0n) is 15.7. The van der Waals surface area contributed by atoms with Crippen molar-refractivity contribution in [3.05, 3.63) is 77.8 Å². The van der Waals surface area contributed by atoms with Crippen molar-refractivity contribution in [2.75, 3.05) is 7.11 Å². The number of thiazole rings is 1. The van der Waals surface area contributed by atoms with Crippen molar-refractivity contribution in [1.82, 2.24) is 14.4 Å². The number of aromatic nitrogens is 3. The van der Waals surface area contributed by atoms with Crippen LogP contribution in [0.5, 0.6) is 5.75 Å². The van der Waals surface area contributed by atoms with Crippen LogP contribution in [0.4, 0.5) is 5.69 Å². The number of pyridine rings is 1. The first kappa shape index (κ1) is 19.4. The predicted molar refractivity (Wildman–Crippen MR) is 118 cm³/mol. The van der Waals surface area contributed by atoms with Crippen LogP contribution in [0.25, 0.3) is 33.5 Å². The van der Waals surface area contributed by atoms with Crippen LogP contribution in [0, 0.1) is 10.1 Å². The van der Waals surface area contributed by atoms with Gasteiger partial charge in [-0.1, -0.05) is 11.3 Å². The van der Waals surface area contributed by atoms with Crippen LogP contribution < -0.4 is 14.8 Å². The van der Waals surface area contributed by atoms with Gasteiger partial charge in [-0.05, 0) is 46.3 Å². The molecule has 0 bridgehead atoms. The van der Waals surface area contributed by atoms with Crippen LogP contribution in [0.2, 0.25) is 0 Å². The second-order valence-corrected chi connectivity index (χ2v) is 8.41. The Balaban J connectivity index is 1.60. The van der Waals surface area contributed by atoms with Crippen molar-refractivity contribution in [3.63, 3.8) is 0 Å². The van der Waals surface area contributed by atoms with Crippen LogP contribution in [-0.2, 0) is 0 Å². The number of furan rings is 1. The highest BCUT2D eigenvalue weighted by molar-refractivity contribution is 9.10. The molecule has 0 saturated carbocycles. The third-order valence-corrected chi connectivity index (χ3v) is 6.02. The number of halogens is 1. The van der Waals surface area contributed by atoms with E-state index in [1.165, 1.54) is 28.9 Å². The van der Waals surface area contributed by atoms with E-state index in [-0.39, 0.29) is 11.2 Å². The Morgan fingerprint density at radius 1 is 1.29 bits per heavy atom. The molecule has 0 spiro atoms. The number of hydrogen-bond donors (Lipinski definition) is 0. The molecule has 0 aliphatic heterocycles. The van der Waals surface area contributed by atoms with E-state index in [0.717, 1.165) is 4.47 Å². The lowest BCUT2D eigenvalue weighted by atomic mass is 10.1. The third kappa shape index (κ3) is 3.27. The standard InChI is InChI=1S/C20H11BrN4O5S/c1-29-11-2-4-13(15(7-11)25(27)28)16-5-3-12(30-16)8-17-19(26)24-18-14(23-20(24)31-17)6-10(21)9-22-18/h2-9H,1H3/b17-8-. The van der Waals surface area contributed by atoms with Gasteiger partial charge in [0.2, 0.25) is 0 Å². The first-order valence-electron chi connectivity index (χ1n) is 8.85. The SMILES string of the molecule is COc1ccc(-c2ccc(/C=c3\sc4nc5cc(Br)cnc5n4c3=O)o2)c([N+](=O)[O-])c1. The van der Waals surface area contributed by atoms with Crippen LogP contribution in [0.3, 0.4) is 0 Å². The van der Waals surface area contributed by atoms with Gasteiger partial charge in [-0.3, -0.25) is 14.9 Å². The molecule has 4 aromatic heterocycles. The molecule has 0 unspecified atom stereocenters. The van der Waals surface area contributed by atoms with E-state index in [9.17, 15) is 14.9 Å². The number of nitro groups is 1. The monoisotopic (exact) mass is 498 g/mol. The van der Waals surface area contributed by atoms with E-state index in [0.29, 0.717) is 43.5 Å². The second kappa shape index (κ2) is 7.29. The summed E-state index contributed by atoms with van der Waals surface area (Å²) in [7, 11) is 1.44. The summed E-state index contributed by atoms with van der Waals surface area (Å²) < 4.78 is 13.5. The number of rotatable bonds is 4. The van der Waals surface area contributed by atoms with Gasteiger partial charge < -0.3 is 9.15 Å². The summed E-state index contributed by atoms with van der Waals surface area (Å²) in [5.41, 5.74) is 1.02. The van der Waals surface area contributed by atoms with Crippen molar-refractivity contribution in [1.29, 1.82) is 0 Å². The van der Waals surface area contributed by atoms with Gasteiger partial charge in [0.05, 0.1) is 23.7 Å². The lowest BCUT2D eigenvalue weighted by molar-refractivity contribution is -0.384. The number of imidazole rings is 1. The summed E-state index contributed by atoms with van der Waals surface area (Å²) in [5, 5.41) is 11.4. The maximum absolute atomic E-state index is 12.9. The fourth-order valence-electron chi connectivity index (χ4n) is 3.22. The third-order valence-electron chi connectivity index (χ3n) is 4.62. The van der Waals surface area contributed by atoms with Crippen molar-refractivity contribution in [2.24, 2.45) is 0 Å². The van der Waals surface area contributed by atoms with E-state index < -0.39 is 4.92 Å². The largest absolute Gasteiger partial charge is 0.497 e. The quantitative estimate of drug-likeness (QED) is 0.273. The number of hydrogen-bond acceptors (Lipinski definition) is 8. The van der Waals surface area contributed by atoms with Crippen molar-refractivity contribution in [3.8, 4) is 17.1 Å². The van der Waals surface area contributed by atoms with Gasteiger partial charge in [0, 0.05) is 16.7 Å². The summed E-state index contributed by atoms with van der Waals surface area (Å²) in [4.78, 5) is 33.1. The van der Waals surface area contributed by atoms with Gasteiger partial charge in [-0.2, -0.15) is 0 Å². The van der Waals surface area contributed by atoms with Gasteiger partial charge in [0.1, 0.15) is 27.3 Å². The lowest BCUT2D eigenvalue weighted by Crippen LogP contribution is -2.22. The van der Waals surface area contributed by atoms with Crippen LogP contribution in [0.15, 0.2) is 56.3 Å². The number of methoxy groups -OCH3 is 1. The van der Waals surface area contributed by atoms with Crippen LogP contribution in [0.1, 0.15) is 5.76 Å². The highest BCUT2D eigenvalue weighted by atomic mass is 79.9. The van der Waals surface area contributed by atoms with Crippen molar-refractivity contribution >= 4 is 55.2 Å². The zero-order valence-corrected chi connectivity index (χ0v) is 18.1. The minimum Gasteiger partial charge on any atom is -0.497 e. The molecule has 0 saturated heterocycles. The summed E-state index contributed by atoms with van der Waals surface area (Å²) in [6.45, 7) is 0. The summed E-state index contributed by atoms with van der Waals surface area (Å²) in [6.07, 6.45) is 3.20. The Morgan fingerprint density at radius 3 is 2.90 bits per heavy atom. The molecule has 31 heavy (non-hydrogen) atoms. The first-order chi connectivity index (χ1) is 14.9. The molecule has 1 aromatic carbocycles. The Labute approximate surface area is 185 Å². The van der Waals surface area contributed by atoms with E-state index in [2.05, 4.69) is 25.9 Å². The lowest BCUT2D eigenvalue weighted by Gasteiger charge is -2.03. The molecule has 5 rings (SSSR count). The number of ether oxygens (including phenoxy) is 1. The van der Waals surface area contributed by atoms with Gasteiger partial charge in [-0.15, -0.1) is 0 Å². The van der Waals surface area contributed by atoms with Crippen molar-refractivity contribution < 1.29 is 14.1 Å². The van der Waals surface area contributed by atoms with E-state index >= 15 is 0 Å². The first-order valence-corrected chi connectivity index (χ1v) is 10.5. The second-order valence-electron chi connectivity index (χ2n) is 6.48. The zero-order chi connectivity index (χ0) is 21.7. The molecule has 0 atom stereocenters. The molecule has 0 radical (unpaired) electrons. The van der Waals surface area contributed by atoms with E-state index in [4.69, 9.17) is 9.15 Å². The highest BCUT2D eigenvalue weighted by Crippen LogP contribution is 2.34. The molecule has 0 aliphatic rings. The Morgan fingerprint density at radius 2 is 2.13 bits per heavy atom. The fraction of sp³-hybridized carbons (Fsp3) is 0.0500. The maximum atomic E-state index is 12.9. The molecular weight excluding hydrogens is 488 g/mol. The molecule has 0 amide bonds. The topological polar surface area (TPSA) is 113 Å². The Hall–Kier alpha value is -3.57. The van der Waals surface area contributed by atoms with E-state index in [1.807, 2.05) is 0 Å². The fourth-order valence-corrected chi connectivity index (χ4v) is 4.49. The van der Waals surface area contributed by atoms with Crippen LogP contribution in [-0.4, -0.2) is 26.4 Å². The molecule has 4 heterocycles. The van der Waals surface area contributed by atoms with E-state index in [1.54, 1.807) is 42.6 Å². The molecule has 154 valence electrons. The number of nitro benzene ring substituents is 1. The molecule has 0 aliphatic carbocycles. The average Bonchev–Trinajstić information content (AvgIpc) is 3.43. The number of fused-ring (bicyclic) bond motifs is 3. The molecule has 0 fully saturated rings. The van der Waals surface area contributed by atoms with Gasteiger partial charge in [0.25, 0.3) is 11.2 Å². The highest BCUT2D eigenvalue weighted by Gasteiger charge is 2.19. The van der Waals surface area contributed by atoms with Crippen molar-refractivity contribution in [2.45, 2.75) is 0 Å². The van der Waals surface area contributed by atoms with Crippen LogP contribution >= 0.6 is 27.3 Å². The van der Waals surface area contributed by atoms with Gasteiger partial charge in [0.15, 0.2) is 10.6 Å². The molecule has 0 N–H and O–H groups in total. The predicted octanol–water partition coefficient (Wildman–Crippen LogP) is 3.79. The summed E-state index contributed by atoms with van der Waals surface area (Å²) in [5.74, 6) is 1.08.